The highest BCUT2D eigenvalue weighted by Crippen LogP contribution is 2.41. The molecular formula is C11H16O2. The molecule has 0 N–H and O–H groups in total. The highest BCUT2D eigenvalue weighted by molar-refractivity contribution is 5.09. The zero-order chi connectivity index (χ0) is 9.10. The van der Waals surface area contributed by atoms with Crippen LogP contribution >= 0.6 is 0 Å². The van der Waals surface area contributed by atoms with Crippen LogP contribution in [-0.2, 0) is 4.74 Å². The summed E-state index contributed by atoms with van der Waals surface area (Å²) >= 11 is 0. The normalized spacial score (nSPS) is 26.2. The van der Waals surface area contributed by atoms with Crippen molar-refractivity contribution in [2.24, 2.45) is 0 Å². The molecule has 0 spiro atoms. The van der Waals surface area contributed by atoms with E-state index < -0.39 is 0 Å². The molecule has 1 aromatic rings. The summed E-state index contributed by atoms with van der Waals surface area (Å²) in [6.07, 6.45) is 7.44. The minimum absolute atomic E-state index is 0.256. The van der Waals surface area contributed by atoms with Gasteiger partial charge < -0.3 is 9.15 Å². The lowest BCUT2D eigenvalue weighted by Crippen LogP contribution is -1.87. The molecule has 0 unspecified atom stereocenters. The van der Waals surface area contributed by atoms with Crippen molar-refractivity contribution in [3.63, 3.8) is 0 Å². The van der Waals surface area contributed by atoms with Crippen molar-refractivity contribution in [3.8, 4) is 0 Å². The maximum atomic E-state index is 5.51. The molecule has 0 amide bonds. The van der Waals surface area contributed by atoms with Gasteiger partial charge in [0.05, 0.1) is 12.4 Å². The minimum atomic E-state index is 0.256. The van der Waals surface area contributed by atoms with Crippen molar-refractivity contribution < 1.29 is 9.15 Å². The van der Waals surface area contributed by atoms with Crippen LogP contribution in [-0.4, -0.2) is 6.10 Å². The standard InChI is InChI=1S/C11H16O2/c1-2-3-4-6-10-11(13-10)9-7-5-8-12-9/h5,7-8,10-11H,2-4,6H2,1H3/t10-,11-/m0/s1. The Balaban J connectivity index is 1.71. The van der Waals surface area contributed by atoms with Crippen LogP contribution in [0.4, 0.5) is 0 Å². The Morgan fingerprint density at radius 3 is 3.00 bits per heavy atom. The molecule has 1 aromatic heterocycles. The lowest BCUT2D eigenvalue weighted by Gasteiger charge is -1.92. The topological polar surface area (TPSA) is 25.7 Å². The van der Waals surface area contributed by atoms with Crippen molar-refractivity contribution in [2.75, 3.05) is 0 Å². The van der Waals surface area contributed by atoms with Crippen LogP contribution in [0.5, 0.6) is 0 Å². The summed E-state index contributed by atoms with van der Waals surface area (Å²) < 4.78 is 10.8. The summed E-state index contributed by atoms with van der Waals surface area (Å²) in [4.78, 5) is 0. The fraction of sp³-hybridized carbons (Fsp3) is 0.636. The Hall–Kier alpha value is -0.760. The Bertz CT molecular complexity index is 241. The molecule has 1 aliphatic heterocycles. The van der Waals surface area contributed by atoms with E-state index in [9.17, 15) is 0 Å². The lowest BCUT2D eigenvalue weighted by molar-refractivity contribution is 0.339. The van der Waals surface area contributed by atoms with E-state index in [1.54, 1.807) is 6.26 Å². The minimum Gasteiger partial charge on any atom is -0.466 e. The second kappa shape index (κ2) is 3.97. The molecule has 0 radical (unpaired) electrons. The first-order chi connectivity index (χ1) is 6.42. The highest BCUT2D eigenvalue weighted by atomic mass is 16.6. The summed E-state index contributed by atoms with van der Waals surface area (Å²) in [5, 5.41) is 0. The molecule has 0 saturated carbocycles. The number of epoxide rings is 1. The van der Waals surface area contributed by atoms with Crippen LogP contribution in [0.1, 0.15) is 44.5 Å². The number of hydrogen-bond donors (Lipinski definition) is 0. The number of furan rings is 1. The van der Waals surface area contributed by atoms with Crippen LogP contribution in [0.3, 0.4) is 0 Å². The van der Waals surface area contributed by atoms with Gasteiger partial charge in [0.1, 0.15) is 11.9 Å². The molecule has 72 valence electrons. The molecule has 2 heteroatoms. The Labute approximate surface area is 78.9 Å². The fourth-order valence-electron chi connectivity index (χ4n) is 1.66. The molecule has 2 nitrogen and oxygen atoms in total. The van der Waals surface area contributed by atoms with E-state index >= 15 is 0 Å². The first kappa shape index (κ1) is 8.82. The van der Waals surface area contributed by atoms with E-state index in [2.05, 4.69) is 6.92 Å². The quantitative estimate of drug-likeness (QED) is 0.513. The van der Waals surface area contributed by atoms with Crippen molar-refractivity contribution in [1.82, 2.24) is 0 Å². The highest BCUT2D eigenvalue weighted by Gasteiger charge is 2.41. The van der Waals surface area contributed by atoms with Gasteiger partial charge in [-0.15, -0.1) is 0 Å². The van der Waals surface area contributed by atoms with Gasteiger partial charge in [-0.05, 0) is 18.6 Å². The van der Waals surface area contributed by atoms with Crippen LogP contribution in [0.2, 0.25) is 0 Å². The largest absolute Gasteiger partial charge is 0.466 e. The summed E-state index contributed by atoms with van der Waals surface area (Å²) in [6.45, 7) is 2.22. The third-order valence-corrected chi connectivity index (χ3v) is 2.50. The van der Waals surface area contributed by atoms with Gasteiger partial charge in [-0.1, -0.05) is 26.2 Å². The Morgan fingerprint density at radius 1 is 1.38 bits per heavy atom. The second-order valence-electron chi connectivity index (χ2n) is 3.61. The van der Waals surface area contributed by atoms with E-state index in [4.69, 9.17) is 9.15 Å². The molecule has 2 heterocycles. The van der Waals surface area contributed by atoms with E-state index in [1.165, 1.54) is 25.7 Å². The van der Waals surface area contributed by atoms with Crippen molar-refractivity contribution in [2.45, 2.75) is 44.8 Å². The van der Waals surface area contributed by atoms with Gasteiger partial charge in [-0.3, -0.25) is 0 Å². The molecule has 0 aromatic carbocycles. The van der Waals surface area contributed by atoms with Crippen LogP contribution in [0.25, 0.3) is 0 Å². The number of unbranched alkanes of at least 4 members (excludes halogenated alkanes) is 2. The molecule has 0 bridgehead atoms. The summed E-state index contributed by atoms with van der Waals surface area (Å²) in [5.41, 5.74) is 0. The van der Waals surface area contributed by atoms with Gasteiger partial charge >= 0.3 is 0 Å². The molecule has 0 aliphatic carbocycles. The third kappa shape index (κ3) is 2.13. The van der Waals surface area contributed by atoms with Crippen molar-refractivity contribution in [1.29, 1.82) is 0 Å². The zero-order valence-corrected chi connectivity index (χ0v) is 8.03. The van der Waals surface area contributed by atoms with Gasteiger partial charge in [0.2, 0.25) is 0 Å². The maximum absolute atomic E-state index is 5.51. The molecule has 1 fully saturated rings. The van der Waals surface area contributed by atoms with Crippen molar-refractivity contribution >= 4 is 0 Å². The molecular weight excluding hydrogens is 164 g/mol. The summed E-state index contributed by atoms with van der Waals surface area (Å²) in [6, 6.07) is 3.91. The van der Waals surface area contributed by atoms with Gasteiger partial charge in [0, 0.05) is 0 Å². The van der Waals surface area contributed by atoms with Crippen LogP contribution < -0.4 is 0 Å². The third-order valence-electron chi connectivity index (χ3n) is 2.50. The molecule has 2 atom stereocenters. The van der Waals surface area contributed by atoms with E-state index in [0.29, 0.717) is 6.10 Å². The van der Waals surface area contributed by atoms with Crippen molar-refractivity contribution in [3.05, 3.63) is 24.2 Å². The number of rotatable bonds is 5. The molecule has 1 saturated heterocycles. The van der Waals surface area contributed by atoms with Gasteiger partial charge in [-0.2, -0.15) is 0 Å². The SMILES string of the molecule is CCCCC[C@@H]1O[C@H]1c1ccco1. The monoisotopic (exact) mass is 180 g/mol. The lowest BCUT2D eigenvalue weighted by atomic mass is 10.1. The average molecular weight is 180 g/mol. The Morgan fingerprint density at radius 2 is 2.31 bits per heavy atom. The first-order valence-corrected chi connectivity index (χ1v) is 5.10. The molecule has 2 rings (SSSR count). The average Bonchev–Trinajstić information content (AvgIpc) is 2.72. The number of ether oxygens (including phenoxy) is 1. The zero-order valence-electron chi connectivity index (χ0n) is 8.03. The molecule has 1 aliphatic rings. The smallest absolute Gasteiger partial charge is 0.142 e. The summed E-state index contributed by atoms with van der Waals surface area (Å²) in [5.74, 6) is 0.987. The first-order valence-electron chi connectivity index (χ1n) is 5.10. The summed E-state index contributed by atoms with van der Waals surface area (Å²) in [7, 11) is 0. The molecule has 13 heavy (non-hydrogen) atoms. The fourth-order valence-corrected chi connectivity index (χ4v) is 1.66. The Kier molecular flexibility index (Phi) is 2.69. The maximum Gasteiger partial charge on any atom is 0.142 e. The van der Waals surface area contributed by atoms with E-state index in [-0.39, 0.29) is 6.10 Å². The van der Waals surface area contributed by atoms with Crippen LogP contribution in [0, 0.1) is 0 Å². The van der Waals surface area contributed by atoms with E-state index in [0.717, 1.165) is 5.76 Å². The second-order valence-corrected chi connectivity index (χ2v) is 3.61. The van der Waals surface area contributed by atoms with Gasteiger partial charge in [0.15, 0.2) is 0 Å². The predicted molar refractivity (Wildman–Crippen MR) is 50.5 cm³/mol. The van der Waals surface area contributed by atoms with Crippen LogP contribution in [0.15, 0.2) is 22.8 Å². The number of hydrogen-bond acceptors (Lipinski definition) is 2. The van der Waals surface area contributed by atoms with Gasteiger partial charge in [-0.25, -0.2) is 0 Å². The van der Waals surface area contributed by atoms with E-state index in [1.807, 2.05) is 12.1 Å². The van der Waals surface area contributed by atoms with Gasteiger partial charge in [0.25, 0.3) is 0 Å². The predicted octanol–water partition coefficient (Wildman–Crippen LogP) is 3.30.